The molecular weight excluding hydrogens is 248 g/mol. The molecule has 0 saturated carbocycles. The maximum atomic E-state index is 8.90. The molecule has 2 aromatic rings. The number of benzene rings is 1. The van der Waals surface area contributed by atoms with Gasteiger partial charge in [0.15, 0.2) is 0 Å². The lowest BCUT2D eigenvalue weighted by Crippen LogP contribution is -2.33. The van der Waals surface area contributed by atoms with Gasteiger partial charge in [-0.15, -0.1) is 0 Å². The van der Waals surface area contributed by atoms with Crippen LogP contribution in [0.15, 0.2) is 36.7 Å². The summed E-state index contributed by atoms with van der Waals surface area (Å²) in [5.74, 6) is 0. The normalized spacial score (nSPS) is 13.7. The Bertz CT molecular complexity index is 609. The molecule has 0 amide bonds. The lowest BCUT2D eigenvalue weighted by atomic mass is 10.1. The Kier molecular flexibility index (Phi) is 4.54. The minimum atomic E-state index is 0.280. The van der Waals surface area contributed by atoms with E-state index in [1.54, 1.807) is 0 Å². The summed E-state index contributed by atoms with van der Waals surface area (Å²) in [6, 6.07) is 10.4. The summed E-state index contributed by atoms with van der Waals surface area (Å²) >= 11 is 0. The Labute approximate surface area is 120 Å². The third kappa shape index (κ3) is 3.46. The summed E-state index contributed by atoms with van der Waals surface area (Å²) in [5, 5.41) is 16.7. The summed E-state index contributed by atoms with van der Waals surface area (Å²) in [6.45, 7) is 7.09. The summed E-state index contributed by atoms with van der Waals surface area (Å²) in [5.41, 5.74) is 3.00. The lowest BCUT2D eigenvalue weighted by Gasteiger charge is -2.22. The SMILES string of the molecule is Cc1cnn([C@H](C)[C@H](C)NCc2cccc(C#N)c2)c1. The molecule has 0 aliphatic rings. The summed E-state index contributed by atoms with van der Waals surface area (Å²) in [7, 11) is 0. The van der Waals surface area contributed by atoms with Crippen molar-refractivity contribution in [1.29, 1.82) is 5.26 Å². The fourth-order valence-corrected chi connectivity index (χ4v) is 2.09. The van der Waals surface area contributed by atoms with Crippen molar-refractivity contribution in [2.75, 3.05) is 0 Å². The smallest absolute Gasteiger partial charge is 0.0991 e. The van der Waals surface area contributed by atoms with E-state index in [1.807, 2.05) is 42.1 Å². The fraction of sp³-hybridized carbons (Fsp3) is 0.375. The summed E-state index contributed by atoms with van der Waals surface area (Å²) in [4.78, 5) is 0. The zero-order valence-corrected chi connectivity index (χ0v) is 12.2. The van der Waals surface area contributed by atoms with Gasteiger partial charge in [0.2, 0.25) is 0 Å². The van der Waals surface area contributed by atoms with Crippen LogP contribution in [0.5, 0.6) is 0 Å². The zero-order chi connectivity index (χ0) is 14.5. The van der Waals surface area contributed by atoms with Crippen molar-refractivity contribution in [3.05, 3.63) is 53.3 Å². The van der Waals surface area contributed by atoms with Gasteiger partial charge in [-0.05, 0) is 44.0 Å². The molecule has 0 unspecified atom stereocenters. The average Bonchev–Trinajstić information content (AvgIpc) is 2.90. The minimum absolute atomic E-state index is 0.280. The van der Waals surface area contributed by atoms with E-state index in [4.69, 9.17) is 5.26 Å². The molecule has 1 aromatic heterocycles. The van der Waals surface area contributed by atoms with Gasteiger partial charge in [-0.3, -0.25) is 4.68 Å². The molecule has 0 aliphatic heterocycles. The quantitative estimate of drug-likeness (QED) is 0.907. The maximum absolute atomic E-state index is 8.90. The first-order valence-corrected chi connectivity index (χ1v) is 6.83. The highest BCUT2D eigenvalue weighted by atomic mass is 15.3. The number of nitriles is 1. The van der Waals surface area contributed by atoms with Gasteiger partial charge in [0, 0.05) is 18.8 Å². The first kappa shape index (κ1) is 14.3. The Morgan fingerprint density at radius 3 is 2.85 bits per heavy atom. The second-order valence-electron chi connectivity index (χ2n) is 5.22. The van der Waals surface area contributed by atoms with E-state index in [9.17, 15) is 0 Å². The number of aromatic nitrogens is 2. The van der Waals surface area contributed by atoms with E-state index >= 15 is 0 Å². The Balaban J connectivity index is 1.94. The van der Waals surface area contributed by atoms with E-state index in [1.165, 1.54) is 5.56 Å². The minimum Gasteiger partial charge on any atom is -0.308 e. The van der Waals surface area contributed by atoms with Gasteiger partial charge >= 0.3 is 0 Å². The van der Waals surface area contributed by atoms with Crippen LogP contribution in [0.2, 0.25) is 0 Å². The van der Waals surface area contributed by atoms with Crippen LogP contribution >= 0.6 is 0 Å². The Morgan fingerprint density at radius 1 is 1.40 bits per heavy atom. The second kappa shape index (κ2) is 6.36. The molecular formula is C16H20N4. The fourth-order valence-electron chi connectivity index (χ4n) is 2.09. The van der Waals surface area contributed by atoms with Gasteiger partial charge in [-0.1, -0.05) is 12.1 Å². The molecule has 0 saturated heterocycles. The molecule has 0 aliphatic carbocycles. The van der Waals surface area contributed by atoms with Crippen LogP contribution in [0.3, 0.4) is 0 Å². The standard InChI is InChI=1S/C16H20N4/c1-12-9-19-20(11-12)14(3)13(2)18-10-16-6-4-5-15(7-16)8-17/h4-7,9,11,13-14,18H,10H2,1-3H3/t13-,14+/m0/s1. The van der Waals surface area contributed by atoms with E-state index in [-0.39, 0.29) is 6.04 Å². The third-order valence-corrected chi connectivity index (χ3v) is 3.56. The second-order valence-corrected chi connectivity index (χ2v) is 5.22. The summed E-state index contributed by atoms with van der Waals surface area (Å²) < 4.78 is 1.98. The van der Waals surface area contributed by atoms with Crippen molar-refractivity contribution in [3.8, 4) is 6.07 Å². The molecule has 1 heterocycles. The zero-order valence-electron chi connectivity index (χ0n) is 12.2. The highest BCUT2D eigenvalue weighted by molar-refractivity contribution is 5.32. The van der Waals surface area contributed by atoms with Gasteiger partial charge in [0.05, 0.1) is 23.9 Å². The molecule has 1 N–H and O–H groups in total. The number of nitrogens with zero attached hydrogens (tertiary/aromatic N) is 3. The highest BCUT2D eigenvalue weighted by Crippen LogP contribution is 2.12. The molecule has 0 bridgehead atoms. The topological polar surface area (TPSA) is 53.6 Å². The van der Waals surface area contributed by atoms with E-state index in [0.717, 1.165) is 12.1 Å². The largest absolute Gasteiger partial charge is 0.308 e. The van der Waals surface area contributed by atoms with Crippen molar-refractivity contribution < 1.29 is 0 Å². The average molecular weight is 268 g/mol. The van der Waals surface area contributed by atoms with Crippen LogP contribution in [-0.2, 0) is 6.54 Å². The van der Waals surface area contributed by atoms with Crippen molar-refractivity contribution in [2.45, 2.75) is 39.4 Å². The number of hydrogen-bond acceptors (Lipinski definition) is 3. The number of rotatable bonds is 5. The molecule has 0 fully saturated rings. The molecule has 104 valence electrons. The molecule has 4 heteroatoms. The predicted molar refractivity (Wildman–Crippen MR) is 79.1 cm³/mol. The lowest BCUT2D eigenvalue weighted by molar-refractivity contribution is 0.365. The summed E-state index contributed by atoms with van der Waals surface area (Å²) in [6.07, 6.45) is 3.93. The highest BCUT2D eigenvalue weighted by Gasteiger charge is 2.14. The monoisotopic (exact) mass is 268 g/mol. The van der Waals surface area contributed by atoms with Crippen molar-refractivity contribution >= 4 is 0 Å². The molecule has 0 radical (unpaired) electrons. The number of nitrogens with one attached hydrogen (secondary N) is 1. The molecule has 0 spiro atoms. The van der Waals surface area contributed by atoms with Gasteiger partial charge < -0.3 is 5.32 Å². The van der Waals surface area contributed by atoms with Crippen LogP contribution in [0.25, 0.3) is 0 Å². The van der Waals surface area contributed by atoms with E-state index in [2.05, 4.69) is 36.5 Å². The Hall–Kier alpha value is -2.12. The predicted octanol–water partition coefficient (Wildman–Crippen LogP) is 2.80. The number of hydrogen-bond donors (Lipinski definition) is 1. The molecule has 2 rings (SSSR count). The molecule has 2 atom stereocenters. The van der Waals surface area contributed by atoms with Gasteiger partial charge in [0.1, 0.15) is 0 Å². The first-order chi connectivity index (χ1) is 9.60. The van der Waals surface area contributed by atoms with Crippen LogP contribution in [0, 0.1) is 18.3 Å². The maximum Gasteiger partial charge on any atom is 0.0991 e. The molecule has 20 heavy (non-hydrogen) atoms. The van der Waals surface area contributed by atoms with Crippen molar-refractivity contribution in [1.82, 2.24) is 15.1 Å². The van der Waals surface area contributed by atoms with Gasteiger partial charge in [-0.2, -0.15) is 10.4 Å². The van der Waals surface area contributed by atoms with Crippen molar-refractivity contribution in [3.63, 3.8) is 0 Å². The van der Waals surface area contributed by atoms with Gasteiger partial charge in [0.25, 0.3) is 0 Å². The van der Waals surface area contributed by atoms with Crippen LogP contribution in [0.1, 0.15) is 36.6 Å². The first-order valence-electron chi connectivity index (χ1n) is 6.83. The van der Waals surface area contributed by atoms with Crippen LogP contribution in [0.4, 0.5) is 0 Å². The van der Waals surface area contributed by atoms with Crippen LogP contribution in [-0.4, -0.2) is 15.8 Å². The molecule has 4 nitrogen and oxygen atoms in total. The van der Waals surface area contributed by atoms with E-state index < -0.39 is 0 Å². The van der Waals surface area contributed by atoms with Crippen LogP contribution < -0.4 is 5.32 Å². The van der Waals surface area contributed by atoms with Crippen molar-refractivity contribution in [2.24, 2.45) is 0 Å². The van der Waals surface area contributed by atoms with E-state index in [0.29, 0.717) is 11.6 Å². The Morgan fingerprint density at radius 2 is 2.20 bits per heavy atom. The molecule has 1 aromatic carbocycles. The van der Waals surface area contributed by atoms with Gasteiger partial charge in [-0.25, -0.2) is 0 Å². The third-order valence-electron chi connectivity index (χ3n) is 3.56. The number of aryl methyl sites for hydroxylation is 1.